The van der Waals surface area contributed by atoms with Crippen molar-refractivity contribution in [3.8, 4) is 0 Å². The van der Waals surface area contributed by atoms with Crippen LogP contribution >= 0.6 is 0 Å². The van der Waals surface area contributed by atoms with E-state index in [1.807, 2.05) is 0 Å². The lowest BCUT2D eigenvalue weighted by Gasteiger charge is -2.29. The van der Waals surface area contributed by atoms with Crippen molar-refractivity contribution in [3.63, 3.8) is 0 Å². The van der Waals surface area contributed by atoms with Crippen LogP contribution in [0.4, 0.5) is 0 Å². The maximum absolute atomic E-state index is 12.1. The first-order chi connectivity index (χ1) is 7.36. The maximum atomic E-state index is 12.1. The monoisotopic (exact) mass is 210 g/mol. The highest BCUT2D eigenvalue weighted by Crippen LogP contribution is 2.30. The molecule has 1 radical (unpaired) electrons. The predicted molar refractivity (Wildman–Crippen MR) is 61.3 cm³/mol. The Morgan fingerprint density at radius 3 is 2.33 bits per heavy atom. The van der Waals surface area contributed by atoms with Gasteiger partial charge < -0.3 is 5.32 Å². The molecule has 0 amide bonds. The molecule has 0 aromatic heterocycles. The molecule has 1 atom stereocenters. The normalized spacial score (nSPS) is 27.8. The number of nitrogens with one attached hydrogen (secondary N) is 1. The lowest BCUT2D eigenvalue weighted by molar-refractivity contribution is 0.00203. The first-order valence-corrected chi connectivity index (χ1v) is 6.73. The molecule has 2 aliphatic rings. The van der Waals surface area contributed by atoms with Crippen LogP contribution in [0, 0.1) is 11.8 Å². The number of piperidine rings is 1. The van der Waals surface area contributed by atoms with E-state index in [1.165, 1.54) is 32.1 Å². The van der Waals surface area contributed by atoms with Gasteiger partial charge in [-0.3, -0.25) is 0 Å². The minimum Gasteiger partial charge on any atom is -0.317 e. The molecule has 2 heteroatoms. The summed E-state index contributed by atoms with van der Waals surface area (Å²) < 4.78 is 0. The highest BCUT2D eigenvalue weighted by molar-refractivity contribution is 4.78. The van der Waals surface area contributed by atoms with Crippen molar-refractivity contribution in [2.24, 2.45) is 11.8 Å². The fourth-order valence-corrected chi connectivity index (χ4v) is 3.16. The van der Waals surface area contributed by atoms with Gasteiger partial charge in [0.1, 0.15) is 0 Å². The van der Waals surface area contributed by atoms with E-state index in [0.717, 1.165) is 38.3 Å². The van der Waals surface area contributed by atoms with Crippen molar-refractivity contribution < 1.29 is 5.11 Å². The summed E-state index contributed by atoms with van der Waals surface area (Å²) in [6.45, 7) is 2.13. The molecule has 1 heterocycles. The van der Waals surface area contributed by atoms with Crippen LogP contribution in [0.5, 0.6) is 0 Å². The Labute approximate surface area is 93.5 Å². The second-order valence-corrected chi connectivity index (χ2v) is 5.37. The molecule has 0 aromatic rings. The SMILES string of the molecule is [O]C(CC1CCCCC1)C1CCNCC1. The van der Waals surface area contributed by atoms with Crippen molar-refractivity contribution in [1.29, 1.82) is 0 Å². The van der Waals surface area contributed by atoms with Gasteiger partial charge in [-0.25, -0.2) is 5.11 Å². The van der Waals surface area contributed by atoms with E-state index >= 15 is 0 Å². The smallest absolute Gasteiger partial charge is 0.0961 e. The van der Waals surface area contributed by atoms with Crippen LogP contribution in [-0.4, -0.2) is 19.2 Å². The van der Waals surface area contributed by atoms with Crippen molar-refractivity contribution in [3.05, 3.63) is 0 Å². The van der Waals surface area contributed by atoms with Crippen molar-refractivity contribution in [2.75, 3.05) is 13.1 Å². The largest absolute Gasteiger partial charge is 0.317 e. The van der Waals surface area contributed by atoms with E-state index in [9.17, 15) is 5.11 Å². The van der Waals surface area contributed by atoms with Gasteiger partial charge >= 0.3 is 0 Å². The Morgan fingerprint density at radius 1 is 1.00 bits per heavy atom. The summed E-state index contributed by atoms with van der Waals surface area (Å²) in [5.74, 6) is 1.23. The van der Waals surface area contributed by atoms with Crippen LogP contribution in [0.2, 0.25) is 0 Å². The number of hydrogen-bond donors (Lipinski definition) is 1. The molecule has 15 heavy (non-hydrogen) atoms. The minimum atomic E-state index is -0.268. The molecule has 1 N–H and O–H groups in total. The number of rotatable bonds is 3. The lowest BCUT2D eigenvalue weighted by Crippen LogP contribution is -2.34. The molecule has 2 fully saturated rings. The predicted octanol–water partition coefficient (Wildman–Crippen LogP) is 2.76. The maximum Gasteiger partial charge on any atom is 0.0961 e. The van der Waals surface area contributed by atoms with Gasteiger partial charge in [0.25, 0.3) is 0 Å². The van der Waals surface area contributed by atoms with E-state index < -0.39 is 0 Å². The molecular formula is C13H24NO. The summed E-state index contributed by atoms with van der Waals surface area (Å²) in [5, 5.41) is 15.5. The summed E-state index contributed by atoms with van der Waals surface area (Å²) in [7, 11) is 0. The van der Waals surface area contributed by atoms with Gasteiger partial charge in [0.15, 0.2) is 0 Å². The third-order valence-electron chi connectivity index (χ3n) is 4.20. The average Bonchev–Trinajstić information content (AvgIpc) is 2.31. The zero-order chi connectivity index (χ0) is 10.5. The van der Waals surface area contributed by atoms with Gasteiger partial charge in [-0.15, -0.1) is 0 Å². The number of hydrogen-bond acceptors (Lipinski definition) is 1. The molecule has 1 saturated carbocycles. The topological polar surface area (TPSA) is 31.9 Å². The van der Waals surface area contributed by atoms with Gasteiger partial charge in [-0.05, 0) is 44.2 Å². The van der Waals surface area contributed by atoms with E-state index in [-0.39, 0.29) is 6.10 Å². The van der Waals surface area contributed by atoms with Crippen LogP contribution in [0.1, 0.15) is 51.4 Å². The molecule has 87 valence electrons. The summed E-state index contributed by atoms with van der Waals surface area (Å²) in [6.07, 6.45) is 9.69. The Balaban J connectivity index is 1.72. The summed E-state index contributed by atoms with van der Waals surface area (Å²) in [4.78, 5) is 0. The molecule has 2 nitrogen and oxygen atoms in total. The molecule has 2 rings (SSSR count). The summed E-state index contributed by atoms with van der Waals surface area (Å²) >= 11 is 0. The van der Waals surface area contributed by atoms with Gasteiger partial charge in [0.05, 0.1) is 6.10 Å². The second kappa shape index (κ2) is 5.86. The van der Waals surface area contributed by atoms with Crippen molar-refractivity contribution in [2.45, 2.75) is 57.5 Å². The zero-order valence-electron chi connectivity index (χ0n) is 9.71. The molecular weight excluding hydrogens is 186 g/mol. The molecule has 0 bridgehead atoms. The summed E-state index contributed by atoms with van der Waals surface area (Å²) in [5.41, 5.74) is 0. The fraction of sp³-hybridized carbons (Fsp3) is 1.00. The molecule has 0 aromatic carbocycles. The fourth-order valence-electron chi connectivity index (χ4n) is 3.16. The van der Waals surface area contributed by atoms with E-state index in [1.54, 1.807) is 0 Å². The first kappa shape index (κ1) is 11.4. The highest BCUT2D eigenvalue weighted by Gasteiger charge is 2.26. The Hall–Kier alpha value is -0.0800. The van der Waals surface area contributed by atoms with E-state index in [0.29, 0.717) is 5.92 Å². The molecule has 1 aliphatic heterocycles. The summed E-state index contributed by atoms with van der Waals surface area (Å²) in [6, 6.07) is 0. The third-order valence-corrected chi connectivity index (χ3v) is 4.20. The van der Waals surface area contributed by atoms with Crippen LogP contribution in [-0.2, 0) is 5.11 Å². The van der Waals surface area contributed by atoms with Gasteiger partial charge in [-0.1, -0.05) is 32.1 Å². The van der Waals surface area contributed by atoms with Crippen LogP contribution in [0.15, 0.2) is 0 Å². The van der Waals surface area contributed by atoms with Gasteiger partial charge in [0.2, 0.25) is 0 Å². The lowest BCUT2D eigenvalue weighted by atomic mass is 9.81. The first-order valence-electron chi connectivity index (χ1n) is 6.73. The van der Waals surface area contributed by atoms with Crippen LogP contribution in [0.25, 0.3) is 0 Å². The average molecular weight is 210 g/mol. The van der Waals surface area contributed by atoms with Crippen molar-refractivity contribution >= 4 is 0 Å². The molecule has 1 aliphatic carbocycles. The Bertz CT molecular complexity index is 171. The van der Waals surface area contributed by atoms with Crippen molar-refractivity contribution in [1.82, 2.24) is 5.32 Å². The highest BCUT2D eigenvalue weighted by atomic mass is 16.3. The quantitative estimate of drug-likeness (QED) is 0.763. The molecule has 1 unspecified atom stereocenters. The second-order valence-electron chi connectivity index (χ2n) is 5.37. The van der Waals surface area contributed by atoms with E-state index in [4.69, 9.17) is 0 Å². The van der Waals surface area contributed by atoms with Crippen LogP contribution < -0.4 is 5.32 Å². The van der Waals surface area contributed by atoms with Crippen LogP contribution in [0.3, 0.4) is 0 Å². The van der Waals surface area contributed by atoms with E-state index in [2.05, 4.69) is 5.32 Å². The Morgan fingerprint density at radius 2 is 1.67 bits per heavy atom. The molecule has 1 saturated heterocycles. The van der Waals surface area contributed by atoms with Gasteiger partial charge in [-0.2, -0.15) is 0 Å². The molecule has 0 spiro atoms. The third kappa shape index (κ3) is 3.46. The zero-order valence-corrected chi connectivity index (χ0v) is 9.71. The standard InChI is InChI=1S/C13H24NO/c15-13(12-6-8-14-9-7-12)10-11-4-2-1-3-5-11/h11-14H,1-10H2. The minimum absolute atomic E-state index is 0.268. The van der Waals surface area contributed by atoms with Gasteiger partial charge in [0, 0.05) is 0 Å². The Kier molecular flexibility index (Phi) is 4.45.